The van der Waals surface area contributed by atoms with Crippen molar-refractivity contribution in [1.29, 1.82) is 0 Å². The van der Waals surface area contributed by atoms with Crippen LogP contribution >= 0.6 is 0 Å². The molecule has 9 heteroatoms. The lowest BCUT2D eigenvalue weighted by atomic mass is 10.1. The van der Waals surface area contributed by atoms with Crippen LogP contribution in [-0.2, 0) is 11.3 Å². The maximum absolute atomic E-state index is 12.2. The first kappa shape index (κ1) is 22.2. The van der Waals surface area contributed by atoms with E-state index in [4.69, 9.17) is 18.6 Å². The third-order valence-electron chi connectivity index (χ3n) is 4.74. The molecule has 1 aromatic carbocycles. The van der Waals surface area contributed by atoms with Crippen molar-refractivity contribution in [3.63, 3.8) is 0 Å². The molecule has 0 fully saturated rings. The molecule has 2 amide bonds. The second kappa shape index (κ2) is 10.5. The lowest BCUT2D eigenvalue weighted by molar-refractivity contribution is -0.117. The molecule has 0 aliphatic carbocycles. The summed E-state index contributed by atoms with van der Waals surface area (Å²) in [6.45, 7) is 7.40. The van der Waals surface area contributed by atoms with Crippen LogP contribution in [-0.4, -0.2) is 50.1 Å². The van der Waals surface area contributed by atoms with E-state index >= 15 is 0 Å². The zero-order chi connectivity index (χ0) is 22.2. The molecule has 9 nitrogen and oxygen atoms in total. The predicted octanol–water partition coefficient (Wildman–Crippen LogP) is 2.38. The Bertz CT molecular complexity index is 931. The third kappa shape index (κ3) is 5.79. The second-order valence-corrected chi connectivity index (χ2v) is 6.75. The normalized spacial score (nSPS) is 12.8. The summed E-state index contributed by atoms with van der Waals surface area (Å²) in [6.07, 6.45) is 2.87. The number of nitrogens with one attached hydrogen (secondary N) is 2. The molecular weight excluding hydrogens is 402 g/mol. The van der Waals surface area contributed by atoms with Gasteiger partial charge in [-0.1, -0.05) is 13.8 Å². The molecule has 3 rings (SSSR count). The van der Waals surface area contributed by atoms with Gasteiger partial charge in [0.2, 0.25) is 5.75 Å². The Labute approximate surface area is 180 Å². The van der Waals surface area contributed by atoms with Gasteiger partial charge >= 0.3 is 5.91 Å². The maximum Gasteiger partial charge on any atom is 0.305 e. The lowest BCUT2D eigenvalue weighted by Gasteiger charge is -2.20. The summed E-state index contributed by atoms with van der Waals surface area (Å²) in [5, 5.41) is 0. The molecule has 1 aliphatic rings. The van der Waals surface area contributed by atoms with Crippen LogP contribution in [0, 0.1) is 0 Å². The van der Waals surface area contributed by atoms with Crippen molar-refractivity contribution in [2.75, 3.05) is 33.4 Å². The molecule has 2 aromatic rings. The Balaban J connectivity index is 1.55. The number of ether oxygens (including phenoxy) is 3. The van der Waals surface area contributed by atoms with Gasteiger partial charge in [-0.25, -0.2) is 0 Å². The minimum Gasteiger partial charge on any atom is -0.493 e. The molecule has 0 saturated heterocycles. The third-order valence-corrected chi connectivity index (χ3v) is 4.74. The van der Waals surface area contributed by atoms with Crippen molar-refractivity contribution in [3.05, 3.63) is 47.4 Å². The standard InChI is InChI=1S/C22H27N3O6/c1-4-25(5-2)14-16-7-8-17(31-16)22(27)24-23-20(26)9-6-15-12-18(28-3)21-19(13-15)29-10-11-30-21/h6-9,12-13H,4-5,10-11,14H2,1-3H3,(H,23,26)(H,24,27)/b9-6+. The Hall–Kier alpha value is -3.46. The maximum atomic E-state index is 12.2. The van der Waals surface area contributed by atoms with Crippen molar-refractivity contribution < 1.29 is 28.2 Å². The molecule has 0 saturated carbocycles. The Morgan fingerprint density at radius 3 is 2.65 bits per heavy atom. The highest BCUT2D eigenvalue weighted by Gasteiger charge is 2.18. The molecule has 0 atom stereocenters. The number of hydrogen-bond donors (Lipinski definition) is 2. The van der Waals surface area contributed by atoms with Gasteiger partial charge in [0, 0.05) is 6.08 Å². The number of carbonyl (C=O) groups excluding carboxylic acids is 2. The number of hydrogen-bond acceptors (Lipinski definition) is 7. The van der Waals surface area contributed by atoms with E-state index in [0.29, 0.717) is 48.3 Å². The number of fused-ring (bicyclic) bond motifs is 1. The molecule has 0 bridgehead atoms. The van der Waals surface area contributed by atoms with Crippen LogP contribution < -0.4 is 25.1 Å². The fourth-order valence-corrected chi connectivity index (χ4v) is 3.04. The highest BCUT2D eigenvalue weighted by molar-refractivity contribution is 5.96. The number of nitrogens with zero attached hydrogens (tertiary/aromatic N) is 1. The van der Waals surface area contributed by atoms with Gasteiger partial charge in [0.25, 0.3) is 5.91 Å². The van der Waals surface area contributed by atoms with E-state index < -0.39 is 11.8 Å². The molecule has 166 valence electrons. The number of amides is 2. The van der Waals surface area contributed by atoms with Crippen LogP contribution in [0.5, 0.6) is 17.2 Å². The Kier molecular flexibility index (Phi) is 7.55. The number of rotatable bonds is 8. The fourth-order valence-electron chi connectivity index (χ4n) is 3.04. The lowest BCUT2D eigenvalue weighted by Crippen LogP contribution is -2.40. The topological polar surface area (TPSA) is 102 Å². The van der Waals surface area contributed by atoms with E-state index in [1.165, 1.54) is 13.2 Å². The van der Waals surface area contributed by atoms with E-state index in [1.807, 2.05) is 0 Å². The highest BCUT2D eigenvalue weighted by atomic mass is 16.6. The van der Waals surface area contributed by atoms with Crippen molar-refractivity contribution in [3.8, 4) is 17.2 Å². The predicted molar refractivity (Wildman–Crippen MR) is 114 cm³/mol. The first-order valence-electron chi connectivity index (χ1n) is 10.1. The van der Waals surface area contributed by atoms with Crippen LogP contribution in [0.2, 0.25) is 0 Å². The molecule has 31 heavy (non-hydrogen) atoms. The molecule has 0 radical (unpaired) electrons. The number of furan rings is 1. The van der Waals surface area contributed by atoms with Gasteiger partial charge in [0.05, 0.1) is 13.7 Å². The van der Waals surface area contributed by atoms with Gasteiger partial charge in [-0.15, -0.1) is 0 Å². The first-order chi connectivity index (χ1) is 15.0. The summed E-state index contributed by atoms with van der Waals surface area (Å²) in [5.74, 6) is 1.39. The van der Waals surface area contributed by atoms with Crippen molar-refractivity contribution in [2.24, 2.45) is 0 Å². The highest BCUT2D eigenvalue weighted by Crippen LogP contribution is 2.40. The zero-order valence-corrected chi connectivity index (χ0v) is 17.9. The molecule has 0 unspecified atom stereocenters. The Morgan fingerprint density at radius 1 is 1.13 bits per heavy atom. The monoisotopic (exact) mass is 429 g/mol. The van der Waals surface area contributed by atoms with Crippen molar-refractivity contribution in [2.45, 2.75) is 20.4 Å². The average molecular weight is 429 g/mol. The van der Waals surface area contributed by atoms with E-state index in [9.17, 15) is 9.59 Å². The minimum atomic E-state index is -0.534. The molecular formula is C22H27N3O6. The number of benzene rings is 1. The first-order valence-corrected chi connectivity index (χ1v) is 10.1. The smallest absolute Gasteiger partial charge is 0.305 e. The van der Waals surface area contributed by atoms with Crippen molar-refractivity contribution in [1.82, 2.24) is 15.8 Å². The van der Waals surface area contributed by atoms with E-state index in [1.54, 1.807) is 30.3 Å². The van der Waals surface area contributed by atoms with Gasteiger partial charge in [0.15, 0.2) is 17.3 Å². The van der Waals surface area contributed by atoms with Gasteiger partial charge in [-0.2, -0.15) is 0 Å². The summed E-state index contributed by atoms with van der Waals surface area (Å²) in [5.41, 5.74) is 5.36. The van der Waals surface area contributed by atoms with Crippen LogP contribution in [0.1, 0.15) is 35.7 Å². The summed E-state index contributed by atoms with van der Waals surface area (Å²) < 4.78 is 22.0. The van der Waals surface area contributed by atoms with Gasteiger partial charge < -0.3 is 18.6 Å². The van der Waals surface area contributed by atoms with Crippen LogP contribution in [0.25, 0.3) is 6.08 Å². The fraction of sp³-hybridized carbons (Fsp3) is 0.364. The molecule has 0 spiro atoms. The zero-order valence-electron chi connectivity index (χ0n) is 17.9. The van der Waals surface area contributed by atoms with E-state index in [0.717, 1.165) is 13.1 Å². The van der Waals surface area contributed by atoms with E-state index in [-0.39, 0.29) is 5.76 Å². The summed E-state index contributed by atoms with van der Waals surface area (Å²) in [4.78, 5) is 26.5. The van der Waals surface area contributed by atoms with Crippen LogP contribution in [0.4, 0.5) is 0 Å². The summed E-state index contributed by atoms with van der Waals surface area (Å²) in [6, 6.07) is 6.82. The van der Waals surface area contributed by atoms with Crippen LogP contribution in [0.3, 0.4) is 0 Å². The molecule has 1 aliphatic heterocycles. The molecule has 1 aromatic heterocycles. The quantitative estimate of drug-likeness (QED) is 0.491. The second-order valence-electron chi connectivity index (χ2n) is 6.75. The minimum absolute atomic E-state index is 0.128. The van der Waals surface area contributed by atoms with Crippen LogP contribution in [0.15, 0.2) is 34.8 Å². The summed E-state index contributed by atoms with van der Waals surface area (Å²) >= 11 is 0. The summed E-state index contributed by atoms with van der Waals surface area (Å²) in [7, 11) is 1.53. The van der Waals surface area contributed by atoms with E-state index in [2.05, 4.69) is 29.6 Å². The Morgan fingerprint density at radius 2 is 1.90 bits per heavy atom. The van der Waals surface area contributed by atoms with Gasteiger partial charge in [-0.05, 0) is 49.0 Å². The SMILES string of the molecule is CCN(CC)Cc1ccc(C(=O)NNC(=O)/C=C/c2cc(OC)c3c(c2)OCCO3)o1. The number of carbonyl (C=O) groups is 2. The molecule has 2 N–H and O–H groups in total. The largest absolute Gasteiger partial charge is 0.493 e. The molecule has 2 heterocycles. The average Bonchev–Trinajstić information content (AvgIpc) is 3.27. The van der Waals surface area contributed by atoms with Gasteiger partial charge in [0.1, 0.15) is 19.0 Å². The van der Waals surface area contributed by atoms with Gasteiger partial charge in [-0.3, -0.25) is 25.3 Å². The number of hydrazine groups is 1. The number of methoxy groups -OCH3 is 1. The van der Waals surface area contributed by atoms with Crippen molar-refractivity contribution >= 4 is 17.9 Å².